The van der Waals surface area contributed by atoms with Gasteiger partial charge in [-0.1, -0.05) is 30.4 Å². The molecule has 1 fully saturated rings. The van der Waals surface area contributed by atoms with Crippen molar-refractivity contribution in [3.63, 3.8) is 0 Å². The van der Waals surface area contributed by atoms with Gasteiger partial charge in [0.2, 0.25) is 0 Å². The molecule has 0 N–H and O–H groups in total. The zero-order chi connectivity index (χ0) is 12.6. The van der Waals surface area contributed by atoms with E-state index in [0.717, 1.165) is 17.7 Å². The maximum atomic E-state index is 6.08. The van der Waals surface area contributed by atoms with Crippen LogP contribution in [0.2, 0.25) is 0 Å². The van der Waals surface area contributed by atoms with Crippen molar-refractivity contribution >= 4 is 11.6 Å². The minimum absolute atomic E-state index is 0.370. The van der Waals surface area contributed by atoms with E-state index in [1.165, 1.54) is 32.1 Å². The van der Waals surface area contributed by atoms with Gasteiger partial charge in [-0.25, -0.2) is 0 Å². The van der Waals surface area contributed by atoms with E-state index in [2.05, 4.69) is 11.8 Å². The average molecular weight is 263 g/mol. The number of alkyl halides is 1. The van der Waals surface area contributed by atoms with Gasteiger partial charge in [-0.3, -0.25) is 0 Å². The summed E-state index contributed by atoms with van der Waals surface area (Å²) in [6.45, 7) is 0. The van der Waals surface area contributed by atoms with Gasteiger partial charge in [0.05, 0.1) is 11.7 Å². The van der Waals surface area contributed by atoms with Gasteiger partial charge >= 0.3 is 0 Å². The smallest absolute Gasteiger partial charge is 0.135 e. The van der Waals surface area contributed by atoms with Crippen molar-refractivity contribution in [3.8, 4) is 17.6 Å². The Balaban J connectivity index is 2.05. The van der Waals surface area contributed by atoms with Crippen molar-refractivity contribution in [2.75, 3.05) is 5.88 Å². The molecule has 0 amide bonds. The molecule has 1 aromatic carbocycles. The molecule has 0 radical (unpaired) electrons. The second-order valence-electron chi connectivity index (χ2n) is 4.61. The van der Waals surface area contributed by atoms with Crippen molar-refractivity contribution in [2.24, 2.45) is 0 Å². The third kappa shape index (κ3) is 3.96. The summed E-state index contributed by atoms with van der Waals surface area (Å²) >= 11 is 5.63. The standard InChI is InChI=1S/C16H19ClO/c17-13-7-6-9-14-8-4-5-12-16(14)18-15-10-2-1-3-11-15/h4-5,8,12,15H,1-3,7,10-11,13H2. The Bertz CT molecular complexity index is 424. The van der Waals surface area contributed by atoms with Crippen LogP contribution in [-0.2, 0) is 0 Å². The summed E-state index contributed by atoms with van der Waals surface area (Å²) in [4.78, 5) is 0. The molecular formula is C16H19ClO. The number of rotatable bonds is 3. The first-order valence-corrected chi connectivity index (χ1v) is 7.24. The lowest BCUT2D eigenvalue weighted by atomic mass is 9.98. The molecule has 18 heavy (non-hydrogen) atoms. The second-order valence-corrected chi connectivity index (χ2v) is 4.99. The number of benzene rings is 1. The van der Waals surface area contributed by atoms with Crippen LogP contribution in [0.3, 0.4) is 0 Å². The van der Waals surface area contributed by atoms with Gasteiger partial charge in [-0.05, 0) is 37.8 Å². The Labute approximate surface area is 114 Å². The number of halogens is 1. The van der Waals surface area contributed by atoms with Crippen molar-refractivity contribution in [2.45, 2.75) is 44.6 Å². The zero-order valence-electron chi connectivity index (χ0n) is 10.6. The monoisotopic (exact) mass is 262 g/mol. The quantitative estimate of drug-likeness (QED) is 0.580. The topological polar surface area (TPSA) is 9.23 Å². The zero-order valence-corrected chi connectivity index (χ0v) is 11.4. The van der Waals surface area contributed by atoms with E-state index in [-0.39, 0.29) is 0 Å². The molecule has 0 heterocycles. The van der Waals surface area contributed by atoms with E-state index in [1.54, 1.807) is 0 Å². The van der Waals surface area contributed by atoms with Gasteiger partial charge < -0.3 is 4.74 Å². The predicted octanol–water partition coefficient (Wildman–Crippen LogP) is 4.38. The van der Waals surface area contributed by atoms with Crippen LogP contribution in [0.25, 0.3) is 0 Å². The summed E-state index contributed by atoms with van der Waals surface area (Å²) in [7, 11) is 0. The summed E-state index contributed by atoms with van der Waals surface area (Å²) in [5.41, 5.74) is 0.980. The molecule has 1 aliphatic rings. The van der Waals surface area contributed by atoms with Gasteiger partial charge in [-0.15, -0.1) is 11.6 Å². The van der Waals surface area contributed by atoms with Crippen molar-refractivity contribution in [3.05, 3.63) is 29.8 Å². The number of hydrogen-bond acceptors (Lipinski definition) is 1. The van der Waals surface area contributed by atoms with Crippen molar-refractivity contribution < 1.29 is 4.74 Å². The molecule has 1 saturated carbocycles. The van der Waals surface area contributed by atoms with Crippen LogP contribution < -0.4 is 4.74 Å². The van der Waals surface area contributed by atoms with Crippen LogP contribution in [0.5, 0.6) is 5.75 Å². The highest BCUT2D eigenvalue weighted by atomic mass is 35.5. The molecule has 0 aliphatic heterocycles. The molecule has 96 valence electrons. The van der Waals surface area contributed by atoms with Gasteiger partial charge in [0.25, 0.3) is 0 Å². The van der Waals surface area contributed by atoms with Crippen molar-refractivity contribution in [1.29, 1.82) is 0 Å². The normalized spacial score (nSPS) is 15.8. The molecule has 1 aliphatic carbocycles. The fourth-order valence-electron chi connectivity index (χ4n) is 2.24. The van der Waals surface area contributed by atoms with Crippen molar-refractivity contribution in [1.82, 2.24) is 0 Å². The lowest BCUT2D eigenvalue weighted by Crippen LogP contribution is -2.20. The van der Waals surface area contributed by atoms with Crippen LogP contribution in [0.1, 0.15) is 44.1 Å². The van der Waals surface area contributed by atoms with E-state index in [0.29, 0.717) is 12.0 Å². The van der Waals surface area contributed by atoms with Crippen LogP contribution in [-0.4, -0.2) is 12.0 Å². The Hall–Kier alpha value is -1.13. The molecule has 1 nitrogen and oxygen atoms in total. The summed E-state index contributed by atoms with van der Waals surface area (Å²) in [6, 6.07) is 8.03. The molecule has 0 atom stereocenters. The van der Waals surface area contributed by atoms with Crippen LogP contribution in [0.4, 0.5) is 0 Å². The van der Waals surface area contributed by atoms with E-state index in [9.17, 15) is 0 Å². The molecule has 2 rings (SSSR count). The minimum Gasteiger partial charge on any atom is -0.489 e. The van der Waals surface area contributed by atoms with Gasteiger partial charge in [-0.2, -0.15) is 0 Å². The largest absolute Gasteiger partial charge is 0.489 e. The third-order valence-corrected chi connectivity index (χ3v) is 3.36. The molecule has 0 unspecified atom stereocenters. The van der Waals surface area contributed by atoms with E-state index >= 15 is 0 Å². The Morgan fingerprint density at radius 1 is 1.17 bits per heavy atom. The summed E-state index contributed by atoms with van der Waals surface area (Å²) in [5, 5.41) is 0. The summed E-state index contributed by atoms with van der Waals surface area (Å²) < 4.78 is 6.08. The predicted molar refractivity (Wildman–Crippen MR) is 76.2 cm³/mol. The fraction of sp³-hybridized carbons (Fsp3) is 0.500. The SMILES string of the molecule is ClCCC#Cc1ccccc1OC1CCCCC1. The number of para-hydroxylation sites is 1. The average Bonchev–Trinajstić information content (AvgIpc) is 2.42. The fourth-order valence-corrected chi connectivity index (χ4v) is 2.33. The maximum absolute atomic E-state index is 6.08. The highest BCUT2D eigenvalue weighted by Crippen LogP contribution is 2.25. The first-order chi connectivity index (χ1) is 8.90. The highest BCUT2D eigenvalue weighted by molar-refractivity contribution is 6.18. The maximum Gasteiger partial charge on any atom is 0.135 e. The molecular weight excluding hydrogens is 244 g/mol. The molecule has 0 aromatic heterocycles. The molecule has 0 spiro atoms. The Kier molecular flexibility index (Phi) is 5.42. The highest BCUT2D eigenvalue weighted by Gasteiger charge is 2.15. The minimum atomic E-state index is 0.370. The van der Waals surface area contributed by atoms with Crippen LogP contribution in [0.15, 0.2) is 24.3 Å². The van der Waals surface area contributed by atoms with E-state index < -0.39 is 0 Å². The Morgan fingerprint density at radius 3 is 2.72 bits per heavy atom. The molecule has 0 bridgehead atoms. The Morgan fingerprint density at radius 2 is 1.94 bits per heavy atom. The third-order valence-electron chi connectivity index (χ3n) is 3.18. The number of hydrogen-bond donors (Lipinski definition) is 0. The van der Waals surface area contributed by atoms with E-state index in [4.69, 9.17) is 16.3 Å². The van der Waals surface area contributed by atoms with Gasteiger partial charge in [0.15, 0.2) is 0 Å². The van der Waals surface area contributed by atoms with Gasteiger partial charge in [0, 0.05) is 12.3 Å². The van der Waals surface area contributed by atoms with E-state index in [1.807, 2.05) is 24.3 Å². The molecule has 1 aromatic rings. The second kappa shape index (κ2) is 7.34. The summed E-state index contributed by atoms with van der Waals surface area (Å²) in [6.07, 6.45) is 7.34. The first kappa shape index (κ1) is 13.3. The molecule has 2 heteroatoms. The lowest BCUT2D eigenvalue weighted by Gasteiger charge is -2.23. The molecule has 0 saturated heterocycles. The first-order valence-electron chi connectivity index (χ1n) is 6.70. The lowest BCUT2D eigenvalue weighted by molar-refractivity contribution is 0.154. The van der Waals surface area contributed by atoms with Crippen LogP contribution >= 0.6 is 11.6 Å². The van der Waals surface area contributed by atoms with Gasteiger partial charge in [0.1, 0.15) is 5.75 Å². The van der Waals surface area contributed by atoms with Crippen LogP contribution in [0, 0.1) is 11.8 Å². The number of ether oxygens (including phenoxy) is 1. The summed E-state index contributed by atoms with van der Waals surface area (Å²) in [5.74, 6) is 7.72.